The molecular weight excluding hydrogens is 304 g/mol. The minimum Gasteiger partial charge on any atom is -0.254 e. The SMILES string of the molecule is Cc1c(C)c(C)c([S@](=O)C[C@@H](C)CS(C)(=O)=O)c(C)c1C. The summed E-state index contributed by atoms with van der Waals surface area (Å²) in [5.41, 5.74) is 5.74. The Kier molecular flexibility index (Phi) is 5.78. The molecule has 0 aromatic heterocycles. The average molecular weight is 331 g/mol. The van der Waals surface area contributed by atoms with Crippen LogP contribution in [0, 0.1) is 40.5 Å². The van der Waals surface area contributed by atoms with Gasteiger partial charge in [0.05, 0.1) is 16.6 Å². The minimum atomic E-state index is -3.03. The fourth-order valence-electron chi connectivity index (χ4n) is 2.71. The Hall–Kier alpha value is -0.680. The molecule has 0 unspecified atom stereocenters. The first kappa shape index (κ1) is 18.4. The molecule has 0 saturated carbocycles. The summed E-state index contributed by atoms with van der Waals surface area (Å²) < 4.78 is 35.4. The molecule has 0 bridgehead atoms. The monoisotopic (exact) mass is 330 g/mol. The van der Waals surface area contributed by atoms with E-state index in [4.69, 9.17) is 0 Å². The molecule has 0 aliphatic carbocycles. The normalized spacial score (nSPS) is 15.0. The zero-order valence-corrected chi connectivity index (χ0v) is 15.7. The van der Waals surface area contributed by atoms with Gasteiger partial charge in [0.25, 0.3) is 0 Å². The van der Waals surface area contributed by atoms with Crippen LogP contribution < -0.4 is 0 Å². The number of hydrogen-bond donors (Lipinski definition) is 0. The maximum atomic E-state index is 12.7. The van der Waals surface area contributed by atoms with Crippen LogP contribution in [-0.2, 0) is 20.6 Å². The third-order valence-electron chi connectivity index (χ3n) is 4.18. The number of rotatable bonds is 5. The predicted molar refractivity (Wildman–Crippen MR) is 90.3 cm³/mol. The van der Waals surface area contributed by atoms with Crippen molar-refractivity contribution in [2.24, 2.45) is 5.92 Å². The highest BCUT2D eigenvalue weighted by molar-refractivity contribution is 7.90. The molecule has 120 valence electrons. The fourth-order valence-corrected chi connectivity index (χ4v) is 5.81. The highest BCUT2D eigenvalue weighted by atomic mass is 32.2. The second-order valence-electron chi connectivity index (χ2n) is 6.16. The van der Waals surface area contributed by atoms with Crippen molar-refractivity contribution < 1.29 is 12.6 Å². The molecule has 21 heavy (non-hydrogen) atoms. The highest BCUT2D eigenvalue weighted by Gasteiger charge is 2.20. The smallest absolute Gasteiger partial charge is 0.147 e. The van der Waals surface area contributed by atoms with E-state index in [1.807, 2.05) is 20.8 Å². The molecule has 0 saturated heterocycles. The second-order valence-corrected chi connectivity index (χ2v) is 9.78. The van der Waals surface area contributed by atoms with E-state index in [0.717, 1.165) is 16.0 Å². The van der Waals surface area contributed by atoms with Gasteiger partial charge < -0.3 is 0 Å². The number of hydrogen-bond acceptors (Lipinski definition) is 3. The minimum absolute atomic E-state index is 0.0840. The Labute approximate surface area is 131 Å². The quantitative estimate of drug-likeness (QED) is 0.834. The van der Waals surface area contributed by atoms with Crippen LogP contribution in [0.1, 0.15) is 34.7 Å². The van der Waals surface area contributed by atoms with Gasteiger partial charge in [0.15, 0.2) is 0 Å². The first-order chi connectivity index (χ1) is 9.45. The molecule has 0 aliphatic heterocycles. The molecule has 0 radical (unpaired) electrons. The van der Waals surface area contributed by atoms with E-state index in [1.54, 1.807) is 0 Å². The van der Waals surface area contributed by atoms with Crippen LogP contribution in [0.3, 0.4) is 0 Å². The molecule has 1 aromatic carbocycles. The van der Waals surface area contributed by atoms with Gasteiger partial charge in [-0.1, -0.05) is 6.92 Å². The van der Waals surface area contributed by atoms with Gasteiger partial charge in [-0.15, -0.1) is 0 Å². The summed E-state index contributed by atoms with van der Waals surface area (Å²) in [5, 5.41) is 0. The summed E-state index contributed by atoms with van der Waals surface area (Å²) in [6, 6.07) is 0. The van der Waals surface area contributed by atoms with Crippen LogP contribution in [0.15, 0.2) is 4.90 Å². The third-order valence-corrected chi connectivity index (χ3v) is 7.30. The topological polar surface area (TPSA) is 51.2 Å². The molecular formula is C16H26O3S2. The lowest BCUT2D eigenvalue weighted by molar-refractivity contribution is 0.588. The van der Waals surface area contributed by atoms with Crippen molar-refractivity contribution in [1.82, 2.24) is 0 Å². The highest BCUT2D eigenvalue weighted by Crippen LogP contribution is 2.29. The van der Waals surface area contributed by atoms with Crippen LogP contribution in [0.5, 0.6) is 0 Å². The number of benzene rings is 1. The van der Waals surface area contributed by atoms with Crippen molar-refractivity contribution in [3.63, 3.8) is 0 Å². The van der Waals surface area contributed by atoms with Gasteiger partial charge in [-0.25, -0.2) is 8.42 Å². The molecule has 5 heteroatoms. The van der Waals surface area contributed by atoms with Crippen molar-refractivity contribution in [1.29, 1.82) is 0 Å². The average Bonchev–Trinajstić information content (AvgIpc) is 2.31. The van der Waals surface area contributed by atoms with E-state index in [9.17, 15) is 12.6 Å². The number of sulfone groups is 1. The van der Waals surface area contributed by atoms with E-state index < -0.39 is 20.6 Å². The zero-order chi connectivity index (χ0) is 16.5. The molecule has 2 atom stereocenters. The van der Waals surface area contributed by atoms with E-state index >= 15 is 0 Å². The van der Waals surface area contributed by atoms with Gasteiger partial charge in [0.1, 0.15) is 9.84 Å². The summed E-state index contributed by atoms with van der Waals surface area (Å²) >= 11 is 0. The lowest BCUT2D eigenvalue weighted by Crippen LogP contribution is -2.19. The summed E-state index contributed by atoms with van der Waals surface area (Å²) in [4.78, 5) is 0.885. The molecule has 1 rings (SSSR count). The van der Waals surface area contributed by atoms with Crippen LogP contribution in [0.4, 0.5) is 0 Å². The van der Waals surface area contributed by atoms with Gasteiger partial charge in [-0.2, -0.15) is 0 Å². The summed E-state index contributed by atoms with van der Waals surface area (Å²) in [7, 11) is -4.19. The summed E-state index contributed by atoms with van der Waals surface area (Å²) in [6.07, 6.45) is 1.23. The van der Waals surface area contributed by atoms with Gasteiger partial charge >= 0.3 is 0 Å². The van der Waals surface area contributed by atoms with E-state index in [-0.39, 0.29) is 11.7 Å². The Morgan fingerprint density at radius 3 is 1.67 bits per heavy atom. The van der Waals surface area contributed by atoms with Gasteiger partial charge in [0, 0.05) is 16.9 Å². The lowest BCUT2D eigenvalue weighted by atomic mass is 9.95. The first-order valence-corrected chi connectivity index (χ1v) is 10.5. The Bertz CT molecular complexity index is 644. The molecule has 0 amide bonds. The van der Waals surface area contributed by atoms with Crippen LogP contribution in [0.2, 0.25) is 0 Å². The van der Waals surface area contributed by atoms with Gasteiger partial charge in [-0.05, 0) is 68.4 Å². The fraction of sp³-hybridized carbons (Fsp3) is 0.625. The van der Waals surface area contributed by atoms with E-state index in [2.05, 4.69) is 20.8 Å². The Balaban J connectivity index is 3.15. The maximum Gasteiger partial charge on any atom is 0.147 e. The van der Waals surface area contributed by atoms with Crippen molar-refractivity contribution >= 4 is 20.6 Å². The summed E-state index contributed by atoms with van der Waals surface area (Å²) in [5.74, 6) is 0.360. The largest absolute Gasteiger partial charge is 0.254 e. The van der Waals surface area contributed by atoms with Crippen LogP contribution in [-0.4, -0.2) is 30.4 Å². The van der Waals surface area contributed by atoms with Crippen molar-refractivity contribution in [2.75, 3.05) is 17.8 Å². The van der Waals surface area contributed by atoms with E-state index in [0.29, 0.717) is 5.75 Å². The standard InChI is InChI=1S/C16H26O3S2/c1-10(9-21(7,18)19)8-20(17)16-14(5)12(3)11(2)13(4)15(16)6/h10H,8-9H2,1-7H3/t10-,20-/m1/s1. The lowest BCUT2D eigenvalue weighted by Gasteiger charge is -2.19. The first-order valence-electron chi connectivity index (χ1n) is 7.08. The molecule has 0 heterocycles. The van der Waals surface area contributed by atoms with Crippen LogP contribution >= 0.6 is 0 Å². The Morgan fingerprint density at radius 1 is 0.905 bits per heavy atom. The second kappa shape index (κ2) is 6.61. The molecule has 0 spiro atoms. The maximum absolute atomic E-state index is 12.7. The molecule has 1 aromatic rings. The third kappa shape index (κ3) is 4.39. The van der Waals surface area contributed by atoms with Gasteiger partial charge in [0.2, 0.25) is 0 Å². The predicted octanol–water partition coefficient (Wildman–Crippen LogP) is 3.02. The zero-order valence-electron chi connectivity index (χ0n) is 14.0. The molecule has 0 fully saturated rings. The van der Waals surface area contributed by atoms with Crippen molar-refractivity contribution in [3.05, 3.63) is 27.8 Å². The van der Waals surface area contributed by atoms with Crippen molar-refractivity contribution in [3.8, 4) is 0 Å². The molecule has 0 N–H and O–H groups in total. The molecule has 0 aliphatic rings. The molecule has 3 nitrogen and oxygen atoms in total. The van der Waals surface area contributed by atoms with E-state index in [1.165, 1.54) is 22.9 Å². The van der Waals surface area contributed by atoms with Gasteiger partial charge in [-0.3, -0.25) is 4.21 Å². The Morgan fingerprint density at radius 2 is 1.29 bits per heavy atom. The van der Waals surface area contributed by atoms with Crippen LogP contribution in [0.25, 0.3) is 0 Å². The summed E-state index contributed by atoms with van der Waals surface area (Å²) in [6.45, 7) is 12.0. The van der Waals surface area contributed by atoms with Crippen molar-refractivity contribution in [2.45, 2.75) is 46.4 Å².